The summed E-state index contributed by atoms with van der Waals surface area (Å²) in [5.74, 6) is 4.17. The van der Waals surface area contributed by atoms with Crippen LogP contribution in [-0.2, 0) is 0 Å². The minimum absolute atomic E-state index is 0.792. The summed E-state index contributed by atoms with van der Waals surface area (Å²) >= 11 is 1.88. The van der Waals surface area contributed by atoms with Crippen LogP contribution < -0.4 is 5.73 Å². The molecule has 0 saturated heterocycles. The van der Waals surface area contributed by atoms with Crippen molar-refractivity contribution in [1.82, 2.24) is 9.97 Å². The van der Waals surface area contributed by atoms with Crippen molar-refractivity contribution in [2.24, 2.45) is 17.8 Å². The standard InChI is InChI=1S/C15H19N3S/c16-12-3-4-13-14(7-12)18-15(17-13)19-8-11-6-9-1-2-10(11)5-9/h3-4,7,9-11H,1-2,5-6,8,16H2,(H,17,18). The molecule has 3 atom stereocenters. The zero-order chi connectivity index (χ0) is 12.8. The SMILES string of the molecule is Nc1ccc2nc(SCC3CC4CCC3C4)[nH]c2c1. The normalized spacial score (nSPS) is 29.4. The summed E-state index contributed by atoms with van der Waals surface area (Å²) in [4.78, 5) is 8.00. The van der Waals surface area contributed by atoms with Gasteiger partial charge in [-0.25, -0.2) is 4.98 Å². The van der Waals surface area contributed by atoms with E-state index in [0.29, 0.717) is 0 Å². The lowest BCUT2D eigenvalue weighted by atomic mass is 9.90. The summed E-state index contributed by atoms with van der Waals surface area (Å²) in [6, 6.07) is 5.86. The molecule has 2 bridgehead atoms. The van der Waals surface area contributed by atoms with Gasteiger partial charge in [-0.05, 0) is 55.2 Å². The van der Waals surface area contributed by atoms with Crippen LogP contribution >= 0.6 is 11.8 Å². The molecule has 19 heavy (non-hydrogen) atoms. The summed E-state index contributed by atoms with van der Waals surface area (Å²) in [6.07, 6.45) is 5.88. The molecule has 4 heteroatoms. The van der Waals surface area contributed by atoms with Crippen molar-refractivity contribution >= 4 is 28.5 Å². The molecule has 1 heterocycles. The molecule has 2 aromatic rings. The number of hydrogen-bond acceptors (Lipinski definition) is 3. The van der Waals surface area contributed by atoms with Crippen LogP contribution in [0.4, 0.5) is 5.69 Å². The Labute approximate surface area is 117 Å². The third-order valence-electron chi connectivity index (χ3n) is 4.80. The van der Waals surface area contributed by atoms with Crippen molar-refractivity contribution < 1.29 is 0 Å². The molecule has 2 fully saturated rings. The van der Waals surface area contributed by atoms with E-state index in [9.17, 15) is 0 Å². The Morgan fingerprint density at radius 1 is 1.32 bits per heavy atom. The van der Waals surface area contributed by atoms with Gasteiger partial charge in [0.25, 0.3) is 0 Å². The number of H-pyrrole nitrogens is 1. The van der Waals surface area contributed by atoms with Gasteiger partial charge in [-0.15, -0.1) is 0 Å². The topological polar surface area (TPSA) is 54.7 Å². The molecule has 100 valence electrons. The predicted molar refractivity (Wildman–Crippen MR) is 80.2 cm³/mol. The minimum atomic E-state index is 0.792. The molecule has 3 unspecified atom stereocenters. The Hall–Kier alpha value is -1.16. The number of nitrogens with one attached hydrogen (secondary N) is 1. The van der Waals surface area contributed by atoms with Crippen molar-refractivity contribution in [3.05, 3.63) is 18.2 Å². The second-order valence-corrected chi connectivity index (χ2v) is 7.07. The molecule has 2 aliphatic carbocycles. The van der Waals surface area contributed by atoms with Gasteiger partial charge in [0.05, 0.1) is 11.0 Å². The number of aromatic nitrogens is 2. The molecular weight excluding hydrogens is 254 g/mol. The quantitative estimate of drug-likeness (QED) is 0.662. The highest BCUT2D eigenvalue weighted by Crippen LogP contribution is 2.49. The number of benzene rings is 1. The maximum atomic E-state index is 5.79. The molecule has 4 rings (SSSR count). The van der Waals surface area contributed by atoms with Crippen molar-refractivity contribution in [3.63, 3.8) is 0 Å². The average Bonchev–Trinajstić information content (AvgIpc) is 3.09. The van der Waals surface area contributed by atoms with E-state index < -0.39 is 0 Å². The van der Waals surface area contributed by atoms with Crippen LogP contribution in [0.2, 0.25) is 0 Å². The fourth-order valence-electron chi connectivity index (χ4n) is 3.84. The van der Waals surface area contributed by atoms with Crippen LogP contribution in [-0.4, -0.2) is 15.7 Å². The van der Waals surface area contributed by atoms with Gasteiger partial charge >= 0.3 is 0 Å². The molecule has 3 nitrogen and oxygen atoms in total. The van der Waals surface area contributed by atoms with E-state index in [1.54, 1.807) is 0 Å². The number of hydrogen-bond donors (Lipinski definition) is 2. The lowest BCUT2D eigenvalue weighted by Gasteiger charge is -2.20. The first-order chi connectivity index (χ1) is 9.28. The van der Waals surface area contributed by atoms with E-state index in [1.807, 2.05) is 30.0 Å². The average molecular weight is 273 g/mol. The number of anilines is 1. The summed E-state index contributed by atoms with van der Waals surface area (Å²) in [7, 11) is 0. The van der Waals surface area contributed by atoms with Crippen LogP contribution in [0.3, 0.4) is 0 Å². The van der Waals surface area contributed by atoms with Crippen LogP contribution in [0, 0.1) is 17.8 Å². The summed E-state index contributed by atoms with van der Waals surface area (Å²) in [6.45, 7) is 0. The second-order valence-electron chi connectivity index (χ2n) is 6.06. The van der Waals surface area contributed by atoms with Crippen LogP contribution in [0.1, 0.15) is 25.7 Å². The summed E-state index contributed by atoms with van der Waals surface area (Å²) in [5.41, 5.74) is 8.66. The highest BCUT2D eigenvalue weighted by atomic mass is 32.2. The zero-order valence-electron chi connectivity index (χ0n) is 10.9. The Morgan fingerprint density at radius 3 is 3.05 bits per heavy atom. The highest BCUT2D eigenvalue weighted by Gasteiger charge is 2.39. The van der Waals surface area contributed by atoms with E-state index in [1.165, 1.54) is 31.4 Å². The maximum absolute atomic E-state index is 5.79. The first-order valence-corrected chi connectivity index (χ1v) is 8.14. The van der Waals surface area contributed by atoms with E-state index in [-0.39, 0.29) is 0 Å². The molecule has 0 amide bonds. The number of rotatable bonds is 3. The third kappa shape index (κ3) is 2.12. The zero-order valence-corrected chi connectivity index (χ0v) is 11.7. The molecule has 1 aromatic carbocycles. The maximum Gasteiger partial charge on any atom is 0.166 e. The fourth-order valence-corrected chi connectivity index (χ4v) is 4.96. The molecule has 3 N–H and O–H groups in total. The van der Waals surface area contributed by atoms with Crippen molar-refractivity contribution in [2.45, 2.75) is 30.8 Å². The van der Waals surface area contributed by atoms with Crippen LogP contribution in [0.15, 0.2) is 23.4 Å². The number of thioether (sulfide) groups is 1. The van der Waals surface area contributed by atoms with Gasteiger partial charge in [-0.1, -0.05) is 18.2 Å². The minimum Gasteiger partial charge on any atom is -0.399 e. The van der Waals surface area contributed by atoms with Gasteiger partial charge < -0.3 is 10.7 Å². The lowest BCUT2D eigenvalue weighted by Crippen LogP contribution is -2.12. The lowest BCUT2D eigenvalue weighted by molar-refractivity contribution is 0.365. The Balaban J connectivity index is 1.46. The van der Waals surface area contributed by atoms with E-state index in [0.717, 1.165) is 39.6 Å². The van der Waals surface area contributed by atoms with Crippen LogP contribution in [0.25, 0.3) is 11.0 Å². The monoisotopic (exact) mass is 273 g/mol. The molecule has 0 radical (unpaired) electrons. The first kappa shape index (κ1) is 11.6. The van der Waals surface area contributed by atoms with Crippen molar-refractivity contribution in [2.75, 3.05) is 11.5 Å². The van der Waals surface area contributed by atoms with E-state index >= 15 is 0 Å². The first-order valence-electron chi connectivity index (χ1n) is 7.16. The van der Waals surface area contributed by atoms with Gasteiger partial charge in [0.15, 0.2) is 5.16 Å². The summed E-state index contributed by atoms with van der Waals surface area (Å²) < 4.78 is 0. The number of nitrogens with zero attached hydrogens (tertiary/aromatic N) is 1. The smallest absolute Gasteiger partial charge is 0.166 e. The Kier molecular flexibility index (Phi) is 2.72. The van der Waals surface area contributed by atoms with Crippen molar-refractivity contribution in [1.29, 1.82) is 0 Å². The Morgan fingerprint density at radius 2 is 2.26 bits per heavy atom. The molecule has 2 saturated carbocycles. The largest absolute Gasteiger partial charge is 0.399 e. The summed E-state index contributed by atoms with van der Waals surface area (Å²) in [5, 5.41) is 1.04. The van der Waals surface area contributed by atoms with Gasteiger partial charge in [-0.3, -0.25) is 0 Å². The number of imidazole rings is 1. The Bertz CT molecular complexity index is 606. The molecule has 1 aromatic heterocycles. The predicted octanol–water partition coefficient (Wildman–Crippen LogP) is 3.67. The number of nitrogens with two attached hydrogens (primary N) is 1. The molecule has 0 aliphatic heterocycles. The van der Waals surface area contributed by atoms with Crippen molar-refractivity contribution in [3.8, 4) is 0 Å². The van der Waals surface area contributed by atoms with Gasteiger partial charge in [-0.2, -0.15) is 0 Å². The molecule has 0 spiro atoms. The molecule has 2 aliphatic rings. The van der Waals surface area contributed by atoms with Crippen LogP contribution in [0.5, 0.6) is 0 Å². The molecular formula is C15H19N3S. The van der Waals surface area contributed by atoms with E-state index in [2.05, 4.69) is 9.97 Å². The van der Waals surface area contributed by atoms with Gasteiger partial charge in [0.2, 0.25) is 0 Å². The highest BCUT2D eigenvalue weighted by molar-refractivity contribution is 7.99. The third-order valence-corrected chi connectivity index (χ3v) is 5.86. The number of nitrogen functional groups attached to an aromatic ring is 1. The number of fused-ring (bicyclic) bond motifs is 3. The second kappa shape index (κ2) is 4.44. The van der Waals surface area contributed by atoms with Gasteiger partial charge in [0, 0.05) is 11.4 Å². The fraction of sp³-hybridized carbons (Fsp3) is 0.533. The number of aromatic amines is 1. The van der Waals surface area contributed by atoms with E-state index in [4.69, 9.17) is 5.73 Å². The van der Waals surface area contributed by atoms with Gasteiger partial charge in [0.1, 0.15) is 0 Å².